The topological polar surface area (TPSA) is 67.2 Å². The molecule has 2 amide bonds. The summed E-state index contributed by atoms with van der Waals surface area (Å²) in [5, 5.41) is 6.67. The van der Waals surface area contributed by atoms with Crippen molar-refractivity contribution in [1.29, 1.82) is 0 Å². The molecule has 0 fully saturated rings. The molecule has 0 aliphatic rings. The van der Waals surface area contributed by atoms with E-state index in [0.29, 0.717) is 6.54 Å². The molecule has 0 saturated carbocycles. The van der Waals surface area contributed by atoms with Gasteiger partial charge >= 0.3 is 6.03 Å². The second-order valence-electron chi connectivity index (χ2n) is 5.12. The van der Waals surface area contributed by atoms with Crippen molar-refractivity contribution in [1.82, 2.24) is 10.3 Å². The lowest BCUT2D eigenvalue weighted by Gasteiger charge is -2.07. The maximum atomic E-state index is 11.9. The number of nitrogens with zero attached hydrogens (tertiary/aromatic N) is 1. The molecular weight excluding hydrogens is 278 g/mol. The van der Waals surface area contributed by atoms with Gasteiger partial charge in [-0.2, -0.15) is 0 Å². The summed E-state index contributed by atoms with van der Waals surface area (Å²) in [4.78, 5) is 15.9. The molecule has 112 valence electrons. The Morgan fingerprint density at radius 2 is 2.23 bits per heavy atom. The van der Waals surface area contributed by atoms with Crippen LogP contribution in [0.4, 0.5) is 10.5 Å². The van der Waals surface area contributed by atoms with Crippen LogP contribution in [0, 0.1) is 6.92 Å². The predicted molar refractivity (Wildman–Crippen MR) is 85.9 cm³/mol. The molecule has 0 unspecified atom stereocenters. The molecule has 1 aromatic carbocycles. The fraction of sp³-hybridized carbons (Fsp3) is 0.176. The van der Waals surface area contributed by atoms with Crippen LogP contribution in [0.15, 0.2) is 53.4 Å². The van der Waals surface area contributed by atoms with Crippen LogP contribution in [0.2, 0.25) is 0 Å². The molecule has 0 radical (unpaired) electrons. The maximum Gasteiger partial charge on any atom is 0.319 e. The number of carbonyl (C=O) groups excluding carboxylic acids is 1. The number of carbonyl (C=O) groups is 1. The lowest BCUT2D eigenvalue weighted by molar-refractivity contribution is 0.252. The van der Waals surface area contributed by atoms with Crippen LogP contribution >= 0.6 is 0 Å². The second kappa shape index (κ2) is 6.30. The molecule has 2 heterocycles. The molecule has 0 bridgehead atoms. The van der Waals surface area contributed by atoms with E-state index >= 15 is 0 Å². The van der Waals surface area contributed by atoms with E-state index in [4.69, 9.17) is 4.42 Å². The molecule has 0 atom stereocenters. The van der Waals surface area contributed by atoms with Crippen molar-refractivity contribution in [3.8, 4) is 0 Å². The van der Waals surface area contributed by atoms with Gasteiger partial charge in [0.1, 0.15) is 5.58 Å². The highest BCUT2D eigenvalue weighted by Crippen LogP contribution is 2.23. The van der Waals surface area contributed by atoms with Gasteiger partial charge in [0.2, 0.25) is 0 Å². The number of urea groups is 1. The zero-order chi connectivity index (χ0) is 15.4. The first kappa shape index (κ1) is 14.1. The van der Waals surface area contributed by atoms with Crippen molar-refractivity contribution in [2.24, 2.45) is 0 Å². The van der Waals surface area contributed by atoms with Gasteiger partial charge in [-0.1, -0.05) is 6.07 Å². The third-order valence-electron chi connectivity index (χ3n) is 3.45. The zero-order valence-electron chi connectivity index (χ0n) is 12.3. The standard InChI is InChI=1S/C17H17N3O2/c1-12-11-22-16-5-4-14(9-15(12)16)20-17(21)19-8-6-13-3-2-7-18-10-13/h2-5,7,9-11H,6,8H2,1H3,(H2,19,20,21). The van der Waals surface area contributed by atoms with E-state index in [9.17, 15) is 4.79 Å². The Morgan fingerprint density at radius 3 is 3.05 bits per heavy atom. The van der Waals surface area contributed by atoms with Gasteiger partial charge < -0.3 is 15.1 Å². The average molecular weight is 295 g/mol. The summed E-state index contributed by atoms with van der Waals surface area (Å²) in [6.45, 7) is 2.54. The van der Waals surface area contributed by atoms with Gasteiger partial charge in [-0.15, -0.1) is 0 Å². The lowest BCUT2D eigenvalue weighted by atomic mass is 10.2. The van der Waals surface area contributed by atoms with Crippen LogP contribution in [0.1, 0.15) is 11.1 Å². The highest BCUT2D eigenvalue weighted by atomic mass is 16.3. The van der Waals surface area contributed by atoms with E-state index in [1.54, 1.807) is 18.7 Å². The molecule has 0 aliphatic heterocycles. The Kier molecular flexibility index (Phi) is 4.05. The van der Waals surface area contributed by atoms with Crippen LogP contribution in [0.25, 0.3) is 11.0 Å². The summed E-state index contributed by atoms with van der Waals surface area (Å²) < 4.78 is 5.39. The minimum Gasteiger partial charge on any atom is -0.464 e. The molecule has 0 spiro atoms. The molecule has 3 aromatic rings. The summed E-state index contributed by atoms with van der Waals surface area (Å²) in [6.07, 6.45) is 6.00. The summed E-state index contributed by atoms with van der Waals surface area (Å²) in [7, 11) is 0. The highest BCUT2D eigenvalue weighted by Gasteiger charge is 2.05. The molecule has 5 nitrogen and oxygen atoms in total. The number of aromatic nitrogens is 1. The number of hydrogen-bond acceptors (Lipinski definition) is 3. The van der Waals surface area contributed by atoms with Gasteiger partial charge in [-0.3, -0.25) is 4.98 Å². The Morgan fingerprint density at radius 1 is 1.32 bits per heavy atom. The minimum atomic E-state index is -0.218. The quantitative estimate of drug-likeness (QED) is 0.774. The third-order valence-corrected chi connectivity index (χ3v) is 3.45. The van der Waals surface area contributed by atoms with Crippen molar-refractivity contribution >= 4 is 22.7 Å². The number of aryl methyl sites for hydroxylation is 1. The first-order chi connectivity index (χ1) is 10.7. The van der Waals surface area contributed by atoms with Gasteiger partial charge in [0.15, 0.2) is 0 Å². The van der Waals surface area contributed by atoms with E-state index in [2.05, 4.69) is 15.6 Å². The number of anilines is 1. The van der Waals surface area contributed by atoms with Gasteiger partial charge in [0, 0.05) is 30.0 Å². The molecule has 0 aliphatic carbocycles. The second-order valence-corrected chi connectivity index (χ2v) is 5.12. The van der Waals surface area contributed by atoms with Crippen molar-refractivity contribution in [3.05, 3.63) is 60.1 Å². The third kappa shape index (κ3) is 3.25. The van der Waals surface area contributed by atoms with Crippen LogP contribution < -0.4 is 10.6 Å². The van der Waals surface area contributed by atoms with E-state index in [-0.39, 0.29) is 6.03 Å². The van der Waals surface area contributed by atoms with Gasteiger partial charge in [-0.05, 0) is 48.7 Å². The number of amides is 2. The van der Waals surface area contributed by atoms with Crippen LogP contribution in [-0.2, 0) is 6.42 Å². The Hall–Kier alpha value is -2.82. The number of benzene rings is 1. The minimum absolute atomic E-state index is 0.218. The maximum absolute atomic E-state index is 11.9. The summed E-state index contributed by atoms with van der Waals surface area (Å²) in [5.74, 6) is 0. The Bertz CT molecular complexity index is 781. The van der Waals surface area contributed by atoms with Crippen LogP contribution in [-0.4, -0.2) is 17.6 Å². The summed E-state index contributed by atoms with van der Waals surface area (Å²) in [5.41, 5.74) is 3.71. The van der Waals surface area contributed by atoms with Crippen LogP contribution in [0.3, 0.4) is 0 Å². The fourth-order valence-electron chi connectivity index (χ4n) is 2.28. The van der Waals surface area contributed by atoms with E-state index < -0.39 is 0 Å². The fourth-order valence-corrected chi connectivity index (χ4v) is 2.28. The monoisotopic (exact) mass is 295 g/mol. The number of nitrogens with one attached hydrogen (secondary N) is 2. The predicted octanol–water partition coefficient (Wildman–Crippen LogP) is 3.50. The molecule has 22 heavy (non-hydrogen) atoms. The SMILES string of the molecule is Cc1coc2ccc(NC(=O)NCCc3cccnc3)cc12. The molecular formula is C17H17N3O2. The Labute approximate surface area is 128 Å². The van der Waals surface area contributed by atoms with E-state index in [1.165, 1.54) is 0 Å². The van der Waals surface area contributed by atoms with Gasteiger partial charge in [0.05, 0.1) is 6.26 Å². The van der Waals surface area contributed by atoms with Gasteiger partial charge in [0.25, 0.3) is 0 Å². The van der Waals surface area contributed by atoms with Crippen molar-refractivity contribution in [2.75, 3.05) is 11.9 Å². The first-order valence-electron chi connectivity index (χ1n) is 7.14. The smallest absolute Gasteiger partial charge is 0.319 e. The van der Waals surface area contributed by atoms with Crippen molar-refractivity contribution < 1.29 is 9.21 Å². The van der Waals surface area contributed by atoms with Crippen LogP contribution in [0.5, 0.6) is 0 Å². The highest BCUT2D eigenvalue weighted by molar-refractivity contribution is 5.93. The number of rotatable bonds is 4. The van der Waals surface area contributed by atoms with Gasteiger partial charge in [-0.25, -0.2) is 4.79 Å². The van der Waals surface area contributed by atoms with Crippen molar-refractivity contribution in [3.63, 3.8) is 0 Å². The molecule has 5 heteroatoms. The lowest BCUT2D eigenvalue weighted by Crippen LogP contribution is -2.30. The summed E-state index contributed by atoms with van der Waals surface area (Å²) in [6, 6.07) is 9.25. The number of furan rings is 1. The molecule has 2 N–H and O–H groups in total. The summed E-state index contributed by atoms with van der Waals surface area (Å²) >= 11 is 0. The number of pyridine rings is 1. The largest absolute Gasteiger partial charge is 0.464 e. The van der Waals surface area contributed by atoms with E-state index in [0.717, 1.165) is 34.2 Å². The molecule has 0 saturated heterocycles. The molecule has 2 aromatic heterocycles. The Balaban J connectivity index is 1.55. The normalized spacial score (nSPS) is 10.6. The van der Waals surface area contributed by atoms with Crippen molar-refractivity contribution in [2.45, 2.75) is 13.3 Å². The average Bonchev–Trinajstić information content (AvgIpc) is 2.89. The first-order valence-corrected chi connectivity index (χ1v) is 7.14. The molecule has 3 rings (SSSR count). The number of hydrogen-bond donors (Lipinski definition) is 2. The number of fused-ring (bicyclic) bond motifs is 1. The zero-order valence-corrected chi connectivity index (χ0v) is 12.3. The van der Waals surface area contributed by atoms with E-state index in [1.807, 2.05) is 37.3 Å².